The zero-order valence-electron chi connectivity index (χ0n) is 29.8. The predicted molar refractivity (Wildman–Crippen MR) is 233 cm³/mol. The number of nitrogens with zero attached hydrogens (tertiary/aromatic N) is 1. The minimum Gasteiger partial charge on any atom is -0.309 e. The van der Waals surface area contributed by atoms with Gasteiger partial charge < -0.3 is 4.90 Å². The van der Waals surface area contributed by atoms with Gasteiger partial charge in [0.05, 0.1) is 11.4 Å². The highest BCUT2D eigenvalue weighted by molar-refractivity contribution is 7.19. The largest absolute Gasteiger partial charge is 0.309 e. The molecule has 0 atom stereocenters. The molecular formula is C52H37NS. The Bertz CT molecular complexity index is 2810. The molecule has 8 aromatic carbocycles. The SMILES string of the molecule is C1=Cc2c(sc3cccc(-c4ccccc4N(c4ccc(-c5ccc(-c6ccccc6)cc5)cc4)c4ccccc4-c4ccc5ccccc5c4)c23)CC1. The number of allylic oxidation sites excluding steroid dienone is 1. The van der Waals surface area contributed by atoms with Crippen molar-refractivity contribution in [2.45, 2.75) is 12.8 Å². The smallest absolute Gasteiger partial charge is 0.0540 e. The van der Waals surface area contributed by atoms with Crippen molar-refractivity contribution in [2.24, 2.45) is 0 Å². The Labute approximate surface area is 320 Å². The van der Waals surface area contributed by atoms with Crippen LogP contribution in [0.15, 0.2) is 194 Å². The molecular weight excluding hydrogens is 671 g/mol. The molecule has 0 N–H and O–H groups in total. The van der Waals surface area contributed by atoms with Crippen LogP contribution in [0.4, 0.5) is 17.1 Å². The first-order valence-corrected chi connectivity index (χ1v) is 19.5. The highest BCUT2D eigenvalue weighted by Crippen LogP contribution is 2.48. The fourth-order valence-electron chi connectivity index (χ4n) is 8.09. The van der Waals surface area contributed by atoms with Crippen LogP contribution in [0.25, 0.3) is 71.4 Å². The van der Waals surface area contributed by atoms with Crippen molar-refractivity contribution in [3.63, 3.8) is 0 Å². The molecule has 0 amide bonds. The molecule has 0 bridgehead atoms. The summed E-state index contributed by atoms with van der Waals surface area (Å²) in [4.78, 5) is 3.96. The lowest BCUT2D eigenvalue weighted by Crippen LogP contribution is -2.12. The van der Waals surface area contributed by atoms with Crippen LogP contribution in [0.3, 0.4) is 0 Å². The van der Waals surface area contributed by atoms with E-state index in [1.54, 1.807) is 0 Å². The molecule has 0 fully saturated rings. The number of rotatable bonds is 7. The third-order valence-electron chi connectivity index (χ3n) is 10.7. The van der Waals surface area contributed by atoms with E-state index >= 15 is 0 Å². The van der Waals surface area contributed by atoms with Gasteiger partial charge in [0.15, 0.2) is 0 Å². The second-order valence-corrected chi connectivity index (χ2v) is 15.1. The van der Waals surface area contributed by atoms with Crippen molar-refractivity contribution in [3.8, 4) is 44.5 Å². The van der Waals surface area contributed by atoms with Crippen molar-refractivity contribution in [2.75, 3.05) is 4.90 Å². The summed E-state index contributed by atoms with van der Waals surface area (Å²) in [6.07, 6.45) is 6.90. The molecule has 256 valence electrons. The lowest BCUT2D eigenvalue weighted by atomic mass is 9.93. The molecule has 0 radical (unpaired) electrons. The summed E-state index contributed by atoms with van der Waals surface area (Å²) >= 11 is 1.95. The first-order valence-electron chi connectivity index (χ1n) is 18.7. The Hall–Kier alpha value is -6.48. The Morgan fingerprint density at radius 1 is 0.426 bits per heavy atom. The van der Waals surface area contributed by atoms with E-state index in [2.05, 4.69) is 205 Å². The van der Waals surface area contributed by atoms with Crippen LogP contribution in [0.2, 0.25) is 0 Å². The van der Waals surface area contributed by atoms with Gasteiger partial charge in [0.2, 0.25) is 0 Å². The molecule has 54 heavy (non-hydrogen) atoms. The van der Waals surface area contributed by atoms with Gasteiger partial charge in [0, 0.05) is 31.8 Å². The zero-order valence-corrected chi connectivity index (χ0v) is 30.6. The fourth-order valence-corrected chi connectivity index (χ4v) is 9.32. The van der Waals surface area contributed by atoms with E-state index in [-0.39, 0.29) is 0 Å². The zero-order chi connectivity index (χ0) is 35.8. The molecule has 0 aliphatic heterocycles. The maximum atomic E-state index is 2.47. The van der Waals surface area contributed by atoms with Crippen LogP contribution in [0, 0.1) is 0 Å². The lowest BCUT2D eigenvalue weighted by molar-refractivity contribution is 1.02. The molecule has 10 rings (SSSR count). The first kappa shape index (κ1) is 32.2. The molecule has 1 aliphatic carbocycles. The average molecular weight is 708 g/mol. The first-order chi connectivity index (χ1) is 26.8. The van der Waals surface area contributed by atoms with Gasteiger partial charge in [-0.15, -0.1) is 11.3 Å². The standard InChI is InChI=1S/C52H37NS/c1-2-13-36(14-3-1)38-25-27-39(28-26-38)40-31-33-43(34-32-40)53(48-21-9-6-17-44(48)42-30-29-37-15-4-5-16-41(37)35-42)49-22-10-7-18-45(49)46-20-12-24-51-52(46)47-19-8-11-23-50(47)54-51/h1-10,12-22,24-35H,11,23H2. The number of hydrogen-bond acceptors (Lipinski definition) is 2. The minimum atomic E-state index is 1.11. The van der Waals surface area contributed by atoms with Crippen molar-refractivity contribution >= 4 is 55.3 Å². The molecule has 1 aliphatic rings. The third-order valence-corrected chi connectivity index (χ3v) is 12.0. The number of thiophene rings is 1. The minimum absolute atomic E-state index is 1.11. The van der Waals surface area contributed by atoms with Gasteiger partial charge in [-0.3, -0.25) is 0 Å². The van der Waals surface area contributed by atoms with Gasteiger partial charge >= 0.3 is 0 Å². The van der Waals surface area contributed by atoms with Gasteiger partial charge in [-0.1, -0.05) is 164 Å². The Morgan fingerprint density at radius 2 is 1.00 bits per heavy atom. The summed E-state index contributed by atoms with van der Waals surface area (Å²) in [5.74, 6) is 0. The Balaban J connectivity index is 1.14. The predicted octanol–water partition coefficient (Wildman–Crippen LogP) is 15.2. The monoisotopic (exact) mass is 707 g/mol. The van der Waals surface area contributed by atoms with Crippen LogP contribution in [-0.2, 0) is 6.42 Å². The molecule has 0 spiro atoms. The Morgan fingerprint density at radius 3 is 1.76 bits per heavy atom. The summed E-state index contributed by atoms with van der Waals surface area (Å²) < 4.78 is 1.35. The summed E-state index contributed by atoms with van der Waals surface area (Å²) in [6.45, 7) is 0. The van der Waals surface area contributed by atoms with Gasteiger partial charge in [-0.05, 0) is 99.0 Å². The molecule has 1 heterocycles. The molecule has 9 aromatic rings. The highest BCUT2D eigenvalue weighted by atomic mass is 32.1. The molecule has 0 saturated carbocycles. The number of anilines is 3. The van der Waals surface area contributed by atoms with Gasteiger partial charge in [-0.2, -0.15) is 0 Å². The van der Waals surface area contributed by atoms with Gasteiger partial charge in [0.25, 0.3) is 0 Å². The number of para-hydroxylation sites is 2. The van der Waals surface area contributed by atoms with Gasteiger partial charge in [-0.25, -0.2) is 0 Å². The lowest BCUT2D eigenvalue weighted by Gasteiger charge is -2.30. The van der Waals surface area contributed by atoms with Crippen LogP contribution in [0.1, 0.15) is 16.9 Å². The van der Waals surface area contributed by atoms with E-state index < -0.39 is 0 Å². The third kappa shape index (κ3) is 5.82. The van der Waals surface area contributed by atoms with Crippen LogP contribution >= 0.6 is 11.3 Å². The van der Waals surface area contributed by atoms with E-state index in [9.17, 15) is 0 Å². The summed E-state index contributed by atoms with van der Waals surface area (Å²) in [5, 5.41) is 3.84. The van der Waals surface area contributed by atoms with E-state index in [0.29, 0.717) is 0 Å². The molecule has 0 unspecified atom stereocenters. The van der Waals surface area contributed by atoms with E-state index in [4.69, 9.17) is 0 Å². The molecule has 2 heteroatoms. The number of hydrogen-bond donors (Lipinski definition) is 0. The van der Waals surface area contributed by atoms with E-state index in [1.165, 1.54) is 75.8 Å². The van der Waals surface area contributed by atoms with Crippen LogP contribution in [0.5, 0.6) is 0 Å². The topological polar surface area (TPSA) is 3.24 Å². The Kier molecular flexibility index (Phi) is 8.24. The normalized spacial score (nSPS) is 12.2. The van der Waals surface area contributed by atoms with E-state index in [0.717, 1.165) is 29.9 Å². The summed E-state index contributed by atoms with van der Waals surface area (Å²) in [5.41, 5.74) is 14.5. The summed E-state index contributed by atoms with van der Waals surface area (Å²) in [7, 11) is 0. The second-order valence-electron chi connectivity index (χ2n) is 14.0. The summed E-state index contributed by atoms with van der Waals surface area (Å²) in [6, 6.07) is 68.7. The maximum absolute atomic E-state index is 2.47. The fraction of sp³-hybridized carbons (Fsp3) is 0.0385. The molecule has 1 nitrogen and oxygen atoms in total. The van der Waals surface area contributed by atoms with Crippen LogP contribution < -0.4 is 4.90 Å². The molecule has 0 saturated heterocycles. The van der Waals surface area contributed by atoms with Crippen molar-refractivity contribution in [3.05, 3.63) is 205 Å². The quantitative estimate of drug-likeness (QED) is 0.159. The van der Waals surface area contributed by atoms with Crippen LogP contribution in [-0.4, -0.2) is 0 Å². The average Bonchev–Trinajstić information content (AvgIpc) is 3.64. The van der Waals surface area contributed by atoms with Crippen molar-refractivity contribution < 1.29 is 0 Å². The number of aryl methyl sites for hydroxylation is 1. The van der Waals surface area contributed by atoms with Crippen molar-refractivity contribution in [1.82, 2.24) is 0 Å². The maximum Gasteiger partial charge on any atom is 0.0540 e. The number of benzene rings is 8. The second kappa shape index (κ2) is 13.8. The van der Waals surface area contributed by atoms with E-state index in [1.807, 2.05) is 11.3 Å². The highest BCUT2D eigenvalue weighted by Gasteiger charge is 2.23. The van der Waals surface area contributed by atoms with Crippen molar-refractivity contribution in [1.29, 1.82) is 0 Å². The number of fused-ring (bicyclic) bond motifs is 4. The molecule has 1 aromatic heterocycles. The van der Waals surface area contributed by atoms with Gasteiger partial charge in [0.1, 0.15) is 0 Å².